The van der Waals surface area contributed by atoms with Crippen LogP contribution in [0, 0.1) is 20.2 Å². The fraction of sp³-hybridized carbons (Fsp3) is 0.357. The highest BCUT2D eigenvalue weighted by atomic mass is 32.1. The van der Waals surface area contributed by atoms with Gasteiger partial charge in [-0.1, -0.05) is 31.1 Å². The van der Waals surface area contributed by atoms with Gasteiger partial charge in [-0.2, -0.15) is 0 Å². The van der Waals surface area contributed by atoms with Gasteiger partial charge in [-0.25, -0.2) is 0 Å². The third-order valence-electron chi connectivity index (χ3n) is 3.31. The lowest BCUT2D eigenvalue weighted by molar-refractivity contribution is -0.394. The van der Waals surface area contributed by atoms with Gasteiger partial charge in [0, 0.05) is 12.5 Å². The van der Waals surface area contributed by atoms with Crippen LogP contribution in [0.2, 0.25) is 0 Å². The molecule has 2 rings (SSSR count). The van der Waals surface area contributed by atoms with Crippen molar-refractivity contribution in [2.45, 2.75) is 32.6 Å². The molecular weight excluding hydrogens is 350 g/mol. The number of aryl methyl sites for hydroxylation is 1. The number of carbonyl (C=O) groups excluding carboxylic acids is 1. The molecule has 0 saturated carbocycles. The number of unbranched alkanes of at least 4 members (excludes halogenated alkanes) is 2. The van der Waals surface area contributed by atoms with Crippen LogP contribution >= 0.6 is 11.3 Å². The minimum atomic E-state index is -0.835. The third-order valence-corrected chi connectivity index (χ3v) is 4.21. The summed E-state index contributed by atoms with van der Waals surface area (Å²) >= 11 is 1.20. The number of nitrogens with one attached hydrogen (secondary N) is 1. The summed E-state index contributed by atoms with van der Waals surface area (Å²) in [7, 11) is 0. The Labute approximate surface area is 146 Å². The van der Waals surface area contributed by atoms with Crippen molar-refractivity contribution in [3.63, 3.8) is 0 Å². The molecule has 0 saturated heterocycles. The summed E-state index contributed by atoms with van der Waals surface area (Å²) in [6, 6.07) is 2.85. The molecule has 0 aliphatic rings. The van der Waals surface area contributed by atoms with Crippen LogP contribution in [0.3, 0.4) is 0 Å². The van der Waals surface area contributed by atoms with Crippen molar-refractivity contribution in [1.29, 1.82) is 0 Å². The van der Waals surface area contributed by atoms with E-state index in [1.54, 1.807) is 0 Å². The zero-order valence-corrected chi connectivity index (χ0v) is 14.1. The summed E-state index contributed by atoms with van der Waals surface area (Å²) in [4.78, 5) is 32.5. The standard InChI is InChI=1S/C14H15N5O5S/c1-2-3-4-5-12-16-17-14(25-12)15-13(20)10-7-6-9(18(21)22)8-11(10)19(23)24/h6-8H,2-5H2,1H3,(H,15,17,20). The molecule has 0 bridgehead atoms. The van der Waals surface area contributed by atoms with Crippen molar-refractivity contribution in [2.75, 3.05) is 5.32 Å². The van der Waals surface area contributed by atoms with Gasteiger partial charge in [-0.3, -0.25) is 30.3 Å². The van der Waals surface area contributed by atoms with E-state index in [1.165, 1.54) is 11.3 Å². The van der Waals surface area contributed by atoms with E-state index in [-0.39, 0.29) is 10.7 Å². The van der Waals surface area contributed by atoms with Gasteiger partial charge in [0.2, 0.25) is 5.13 Å². The van der Waals surface area contributed by atoms with E-state index in [9.17, 15) is 25.0 Å². The fourth-order valence-electron chi connectivity index (χ4n) is 2.07. The number of nitrogens with zero attached hydrogens (tertiary/aromatic N) is 4. The van der Waals surface area contributed by atoms with Gasteiger partial charge in [0.05, 0.1) is 15.9 Å². The van der Waals surface area contributed by atoms with Crippen LogP contribution in [0.25, 0.3) is 0 Å². The number of rotatable bonds is 8. The number of hydrogen-bond donors (Lipinski definition) is 1. The Balaban J connectivity index is 2.15. The van der Waals surface area contributed by atoms with Crippen molar-refractivity contribution in [1.82, 2.24) is 10.2 Å². The SMILES string of the molecule is CCCCCc1nnc(NC(=O)c2ccc([N+](=O)[O-])cc2[N+](=O)[O-])s1. The van der Waals surface area contributed by atoms with E-state index in [2.05, 4.69) is 22.4 Å². The maximum absolute atomic E-state index is 12.2. The fourth-order valence-corrected chi connectivity index (χ4v) is 2.85. The smallest absolute Gasteiger partial charge is 0.289 e. The van der Waals surface area contributed by atoms with Gasteiger partial charge in [0.1, 0.15) is 10.6 Å². The lowest BCUT2D eigenvalue weighted by atomic mass is 10.1. The summed E-state index contributed by atoms with van der Waals surface area (Å²) in [5, 5.41) is 33.0. The van der Waals surface area contributed by atoms with Gasteiger partial charge in [0.15, 0.2) is 0 Å². The minimum Gasteiger partial charge on any atom is -0.296 e. The van der Waals surface area contributed by atoms with Crippen LogP contribution in [-0.2, 0) is 6.42 Å². The second kappa shape index (κ2) is 8.24. The maximum Gasteiger partial charge on any atom is 0.289 e. The average molecular weight is 365 g/mol. The van der Waals surface area contributed by atoms with Crippen molar-refractivity contribution in [3.8, 4) is 0 Å². The molecule has 2 aromatic rings. The molecule has 0 aliphatic carbocycles. The van der Waals surface area contributed by atoms with E-state index >= 15 is 0 Å². The minimum absolute atomic E-state index is 0.226. The van der Waals surface area contributed by atoms with E-state index in [4.69, 9.17) is 0 Å². The molecule has 1 aromatic carbocycles. The topological polar surface area (TPSA) is 141 Å². The monoisotopic (exact) mass is 365 g/mol. The summed E-state index contributed by atoms with van der Waals surface area (Å²) in [6.07, 6.45) is 3.86. The van der Waals surface area contributed by atoms with Crippen molar-refractivity contribution >= 4 is 33.8 Å². The van der Waals surface area contributed by atoms with E-state index in [0.29, 0.717) is 0 Å². The predicted molar refractivity (Wildman–Crippen MR) is 90.8 cm³/mol. The average Bonchev–Trinajstić information content (AvgIpc) is 3.01. The van der Waals surface area contributed by atoms with Crippen LogP contribution in [0.15, 0.2) is 18.2 Å². The van der Waals surface area contributed by atoms with Gasteiger partial charge in [0.25, 0.3) is 17.3 Å². The number of carbonyl (C=O) groups is 1. The summed E-state index contributed by atoms with van der Waals surface area (Å²) in [5.74, 6) is -0.766. The van der Waals surface area contributed by atoms with Crippen molar-refractivity contribution in [2.24, 2.45) is 0 Å². The second-order valence-corrected chi connectivity index (χ2v) is 6.19. The Hall–Kier alpha value is -2.95. The highest BCUT2D eigenvalue weighted by molar-refractivity contribution is 7.15. The maximum atomic E-state index is 12.2. The molecule has 0 fully saturated rings. The molecular formula is C14H15N5O5S. The first kappa shape index (κ1) is 18.4. The van der Waals surface area contributed by atoms with Gasteiger partial charge < -0.3 is 0 Å². The summed E-state index contributed by atoms with van der Waals surface area (Å²) in [5.41, 5.74) is -1.38. The quantitative estimate of drug-likeness (QED) is 0.429. The molecule has 11 heteroatoms. The van der Waals surface area contributed by atoms with Crippen LogP contribution in [0.5, 0.6) is 0 Å². The van der Waals surface area contributed by atoms with E-state index < -0.39 is 27.1 Å². The molecule has 1 heterocycles. The van der Waals surface area contributed by atoms with Gasteiger partial charge in [-0.15, -0.1) is 10.2 Å². The Morgan fingerprint density at radius 1 is 1.20 bits per heavy atom. The third kappa shape index (κ3) is 4.76. The van der Waals surface area contributed by atoms with Gasteiger partial charge in [-0.05, 0) is 12.5 Å². The number of nitro benzene ring substituents is 2. The highest BCUT2D eigenvalue weighted by Crippen LogP contribution is 2.26. The van der Waals surface area contributed by atoms with E-state index in [0.717, 1.165) is 48.9 Å². The van der Waals surface area contributed by atoms with E-state index in [1.807, 2.05) is 0 Å². The molecule has 10 nitrogen and oxygen atoms in total. The molecule has 1 aromatic heterocycles. The number of amides is 1. The van der Waals surface area contributed by atoms with Crippen molar-refractivity contribution < 1.29 is 14.6 Å². The molecule has 0 unspecified atom stereocenters. The first-order chi connectivity index (χ1) is 11.9. The molecule has 0 atom stereocenters. The first-order valence-corrected chi connectivity index (χ1v) is 8.30. The molecule has 0 aliphatic heterocycles. The highest BCUT2D eigenvalue weighted by Gasteiger charge is 2.24. The molecule has 1 N–H and O–H groups in total. The number of aromatic nitrogens is 2. The zero-order valence-electron chi connectivity index (χ0n) is 13.3. The molecule has 25 heavy (non-hydrogen) atoms. The normalized spacial score (nSPS) is 10.4. The van der Waals surface area contributed by atoms with Gasteiger partial charge >= 0.3 is 0 Å². The largest absolute Gasteiger partial charge is 0.296 e. The number of non-ortho nitro benzene ring substituents is 1. The lowest BCUT2D eigenvalue weighted by Crippen LogP contribution is -2.14. The predicted octanol–water partition coefficient (Wildman–Crippen LogP) is 3.34. The number of anilines is 1. The number of hydrogen-bond acceptors (Lipinski definition) is 8. The molecule has 132 valence electrons. The molecule has 0 radical (unpaired) electrons. The summed E-state index contributed by atoms with van der Waals surface area (Å²) in [6.45, 7) is 2.09. The Morgan fingerprint density at radius 3 is 2.60 bits per heavy atom. The number of benzene rings is 1. The zero-order chi connectivity index (χ0) is 18.4. The summed E-state index contributed by atoms with van der Waals surface area (Å²) < 4.78 is 0. The Morgan fingerprint density at radius 2 is 1.96 bits per heavy atom. The lowest BCUT2D eigenvalue weighted by Gasteiger charge is -2.02. The van der Waals surface area contributed by atoms with Crippen LogP contribution < -0.4 is 5.32 Å². The van der Waals surface area contributed by atoms with Crippen molar-refractivity contribution in [3.05, 3.63) is 49.0 Å². The van der Waals surface area contributed by atoms with Crippen LogP contribution in [0.1, 0.15) is 41.6 Å². The second-order valence-electron chi connectivity index (χ2n) is 5.13. The van der Waals surface area contributed by atoms with Crippen LogP contribution in [-0.4, -0.2) is 26.0 Å². The molecule has 0 spiro atoms. The number of nitro groups is 2. The first-order valence-electron chi connectivity index (χ1n) is 7.49. The molecule has 1 amide bonds. The van der Waals surface area contributed by atoms with Crippen LogP contribution in [0.4, 0.5) is 16.5 Å². The Bertz CT molecular complexity index is 807. The Kier molecular flexibility index (Phi) is 6.06.